The van der Waals surface area contributed by atoms with Gasteiger partial charge in [-0.1, -0.05) is 35.9 Å². The first kappa shape index (κ1) is 22.6. The van der Waals surface area contributed by atoms with E-state index in [-0.39, 0.29) is 17.2 Å². The molecule has 0 heterocycles. The minimum absolute atomic E-state index is 0.223. The van der Waals surface area contributed by atoms with Crippen LogP contribution in [0.4, 0.5) is 5.69 Å². The normalized spacial score (nSPS) is 10.8. The van der Waals surface area contributed by atoms with Gasteiger partial charge in [0, 0.05) is 17.6 Å². The second-order valence-corrected chi connectivity index (χ2v) is 7.18. The van der Waals surface area contributed by atoms with Crippen LogP contribution in [0.1, 0.15) is 28.4 Å². The van der Waals surface area contributed by atoms with E-state index in [4.69, 9.17) is 21.1 Å². The minimum atomic E-state index is -0.601. The highest BCUT2D eigenvalue weighted by molar-refractivity contribution is 6.30. The Bertz CT molecular complexity index is 1240. The zero-order valence-electron chi connectivity index (χ0n) is 17.4. The maximum absolute atomic E-state index is 12.6. The molecule has 1 N–H and O–H groups in total. The van der Waals surface area contributed by atoms with Gasteiger partial charge in [0.05, 0.1) is 24.3 Å². The van der Waals surface area contributed by atoms with Gasteiger partial charge in [-0.05, 0) is 59.7 Å². The van der Waals surface area contributed by atoms with E-state index in [2.05, 4.69) is 11.4 Å². The lowest BCUT2D eigenvalue weighted by Crippen LogP contribution is -2.11. The van der Waals surface area contributed by atoms with E-state index in [1.54, 1.807) is 66.7 Å². The van der Waals surface area contributed by atoms with Crippen LogP contribution in [-0.4, -0.2) is 19.0 Å². The van der Waals surface area contributed by atoms with Crippen LogP contribution in [0.5, 0.6) is 11.5 Å². The average Bonchev–Trinajstić information content (AvgIpc) is 2.78. The first-order valence-corrected chi connectivity index (χ1v) is 9.93. The van der Waals surface area contributed by atoms with Crippen LogP contribution >= 0.6 is 11.6 Å². The number of halogens is 1. The number of methoxy groups -OCH3 is 1. The molecule has 0 aliphatic carbocycles. The highest BCUT2D eigenvalue weighted by atomic mass is 35.5. The Morgan fingerprint density at radius 1 is 1.00 bits per heavy atom. The monoisotopic (exact) mass is 446 g/mol. The summed E-state index contributed by atoms with van der Waals surface area (Å²) in [5.41, 5.74) is 2.56. The number of hydrogen-bond donors (Lipinski definition) is 1. The molecule has 0 aliphatic heterocycles. The molecule has 0 fully saturated rings. The Kier molecular flexibility index (Phi) is 7.27. The number of carbonyl (C=O) groups excluding carboxylic acids is 2. The summed E-state index contributed by atoms with van der Waals surface area (Å²) < 4.78 is 10.9. The van der Waals surface area contributed by atoms with Crippen molar-refractivity contribution in [2.24, 2.45) is 0 Å². The van der Waals surface area contributed by atoms with Crippen LogP contribution < -0.4 is 14.8 Å². The smallest absolute Gasteiger partial charge is 0.343 e. The first-order valence-electron chi connectivity index (χ1n) is 9.55. The van der Waals surface area contributed by atoms with Gasteiger partial charge < -0.3 is 14.8 Å². The Morgan fingerprint density at radius 2 is 1.75 bits per heavy atom. The van der Waals surface area contributed by atoms with Crippen LogP contribution in [0.25, 0.3) is 11.6 Å². The van der Waals surface area contributed by atoms with Gasteiger partial charge in [0.25, 0.3) is 0 Å². The summed E-state index contributed by atoms with van der Waals surface area (Å²) in [6.45, 7) is 1.38. The fraction of sp³-hybridized carbons (Fsp3) is 0.0800. The lowest BCUT2D eigenvalue weighted by molar-refractivity contribution is -0.114. The number of allylic oxidation sites excluding steroid dienone is 1. The fourth-order valence-electron chi connectivity index (χ4n) is 2.95. The lowest BCUT2D eigenvalue weighted by atomic mass is 10.0. The van der Waals surface area contributed by atoms with Crippen molar-refractivity contribution in [2.75, 3.05) is 12.4 Å². The molecule has 0 aliphatic rings. The number of rotatable bonds is 6. The molecule has 7 heteroatoms. The number of nitriles is 1. The quantitative estimate of drug-likeness (QED) is 0.231. The Hall–Kier alpha value is -4.08. The Morgan fingerprint density at radius 3 is 2.44 bits per heavy atom. The minimum Gasteiger partial charge on any atom is -0.493 e. The largest absolute Gasteiger partial charge is 0.493 e. The number of nitrogens with one attached hydrogen (secondary N) is 1. The maximum atomic E-state index is 12.6. The summed E-state index contributed by atoms with van der Waals surface area (Å²) in [4.78, 5) is 23.8. The van der Waals surface area contributed by atoms with Gasteiger partial charge in [-0.15, -0.1) is 0 Å². The van der Waals surface area contributed by atoms with E-state index < -0.39 is 5.97 Å². The summed E-state index contributed by atoms with van der Waals surface area (Å²) in [7, 11) is 1.46. The van der Waals surface area contributed by atoms with Crippen LogP contribution in [-0.2, 0) is 4.79 Å². The van der Waals surface area contributed by atoms with Gasteiger partial charge in [-0.3, -0.25) is 4.79 Å². The molecule has 3 rings (SSSR count). The molecule has 0 atom stereocenters. The highest BCUT2D eigenvalue weighted by Crippen LogP contribution is 2.31. The van der Waals surface area contributed by atoms with E-state index in [9.17, 15) is 14.9 Å². The first-order chi connectivity index (χ1) is 15.4. The van der Waals surface area contributed by atoms with Crippen molar-refractivity contribution in [1.82, 2.24) is 0 Å². The van der Waals surface area contributed by atoms with Crippen molar-refractivity contribution in [2.45, 2.75) is 6.92 Å². The molecule has 0 radical (unpaired) electrons. The molecule has 0 spiro atoms. The van der Waals surface area contributed by atoms with Gasteiger partial charge in [0.2, 0.25) is 5.91 Å². The summed E-state index contributed by atoms with van der Waals surface area (Å²) in [5, 5.41) is 12.7. The van der Waals surface area contributed by atoms with Gasteiger partial charge in [0.1, 0.15) is 0 Å². The predicted molar refractivity (Wildman–Crippen MR) is 124 cm³/mol. The molecular formula is C25H19ClN2O4. The maximum Gasteiger partial charge on any atom is 0.343 e. The third kappa shape index (κ3) is 5.75. The Labute approximate surface area is 190 Å². The summed E-state index contributed by atoms with van der Waals surface area (Å²) in [6, 6.07) is 20.6. The molecule has 160 valence electrons. The molecule has 0 saturated carbocycles. The van der Waals surface area contributed by atoms with E-state index in [0.717, 1.165) is 0 Å². The number of amides is 1. The van der Waals surface area contributed by atoms with Gasteiger partial charge in [0.15, 0.2) is 11.5 Å². The van der Waals surface area contributed by atoms with Gasteiger partial charge >= 0.3 is 5.97 Å². The molecule has 32 heavy (non-hydrogen) atoms. The third-order valence-electron chi connectivity index (χ3n) is 4.38. The summed E-state index contributed by atoms with van der Waals surface area (Å²) in [6.07, 6.45) is 1.69. The van der Waals surface area contributed by atoms with E-state index >= 15 is 0 Å². The summed E-state index contributed by atoms with van der Waals surface area (Å²) in [5.74, 6) is -0.292. The van der Waals surface area contributed by atoms with Crippen LogP contribution in [0, 0.1) is 11.3 Å². The van der Waals surface area contributed by atoms with E-state index in [1.807, 2.05) is 0 Å². The number of anilines is 1. The zero-order chi connectivity index (χ0) is 23.1. The molecule has 0 saturated heterocycles. The number of carbonyl (C=O) groups is 2. The molecule has 0 unspecified atom stereocenters. The van der Waals surface area contributed by atoms with Gasteiger partial charge in [-0.25, -0.2) is 4.79 Å². The standard InChI is InChI=1S/C25H19ClN2O4/c1-16(29)28-22-8-4-6-19(14-22)25(30)32-23-10-9-17(12-24(23)31-2)11-20(15-27)18-5-3-7-21(26)13-18/h3-14H,1-2H3,(H,28,29)/b20-11-. The number of esters is 1. The van der Waals surface area contributed by atoms with Crippen molar-refractivity contribution in [3.8, 4) is 17.6 Å². The van der Waals surface area contributed by atoms with Crippen molar-refractivity contribution in [1.29, 1.82) is 5.26 Å². The van der Waals surface area contributed by atoms with Crippen LogP contribution in [0.2, 0.25) is 5.02 Å². The predicted octanol–water partition coefficient (Wildman–Crippen LogP) is 5.59. The third-order valence-corrected chi connectivity index (χ3v) is 4.61. The lowest BCUT2D eigenvalue weighted by Gasteiger charge is -2.11. The molecular weight excluding hydrogens is 428 g/mol. The average molecular weight is 447 g/mol. The van der Waals surface area contributed by atoms with E-state index in [0.29, 0.717) is 33.2 Å². The zero-order valence-corrected chi connectivity index (χ0v) is 18.1. The van der Waals surface area contributed by atoms with Crippen LogP contribution in [0.15, 0.2) is 66.7 Å². The summed E-state index contributed by atoms with van der Waals surface area (Å²) >= 11 is 6.03. The second kappa shape index (κ2) is 10.3. The molecule has 0 bridgehead atoms. The molecule has 1 amide bonds. The van der Waals surface area contributed by atoms with Gasteiger partial charge in [-0.2, -0.15) is 5.26 Å². The van der Waals surface area contributed by atoms with Crippen molar-refractivity contribution in [3.05, 3.63) is 88.4 Å². The second-order valence-electron chi connectivity index (χ2n) is 6.74. The topological polar surface area (TPSA) is 88.4 Å². The molecule has 0 aromatic heterocycles. The van der Waals surface area contributed by atoms with Crippen molar-refractivity contribution >= 4 is 40.8 Å². The van der Waals surface area contributed by atoms with E-state index in [1.165, 1.54) is 20.1 Å². The molecule has 3 aromatic rings. The van der Waals surface area contributed by atoms with Crippen molar-refractivity contribution < 1.29 is 19.1 Å². The SMILES string of the molecule is COc1cc(/C=C(/C#N)c2cccc(Cl)c2)ccc1OC(=O)c1cccc(NC(C)=O)c1. The fourth-order valence-corrected chi connectivity index (χ4v) is 3.14. The number of hydrogen-bond acceptors (Lipinski definition) is 5. The molecule has 6 nitrogen and oxygen atoms in total. The van der Waals surface area contributed by atoms with Crippen molar-refractivity contribution in [3.63, 3.8) is 0 Å². The number of nitrogens with zero attached hydrogens (tertiary/aromatic N) is 1. The molecule has 3 aromatic carbocycles. The van der Waals surface area contributed by atoms with Crippen LogP contribution in [0.3, 0.4) is 0 Å². The number of ether oxygens (including phenoxy) is 2. The Balaban J connectivity index is 1.85. The highest BCUT2D eigenvalue weighted by Gasteiger charge is 2.14. The number of benzene rings is 3.